The van der Waals surface area contributed by atoms with Crippen molar-refractivity contribution >= 4 is 60.2 Å². The zero-order chi connectivity index (χ0) is 45.3. The molecule has 0 radical (unpaired) electrons. The van der Waals surface area contributed by atoms with E-state index in [9.17, 15) is 0 Å². The molecule has 0 bridgehead atoms. The van der Waals surface area contributed by atoms with Crippen LogP contribution in [0.4, 0.5) is 17.1 Å². The van der Waals surface area contributed by atoms with Crippen molar-refractivity contribution in [2.45, 2.75) is 19.3 Å². The van der Waals surface area contributed by atoms with Crippen LogP contribution in [-0.4, -0.2) is 0 Å². The third-order valence-corrected chi connectivity index (χ3v) is 14.6. The summed E-state index contributed by atoms with van der Waals surface area (Å²) in [5.41, 5.74) is 18.1. The summed E-state index contributed by atoms with van der Waals surface area (Å²) in [6, 6.07) is 92.8. The van der Waals surface area contributed by atoms with Gasteiger partial charge < -0.3 is 4.90 Å². The first-order valence-corrected chi connectivity index (χ1v) is 23.7. The Balaban J connectivity index is 1.06. The fourth-order valence-corrected chi connectivity index (χ4v) is 11.7. The minimum absolute atomic E-state index is 0.460. The van der Waals surface area contributed by atoms with Gasteiger partial charge in [0.2, 0.25) is 0 Å². The van der Waals surface area contributed by atoms with Crippen LogP contribution < -0.4 is 4.90 Å². The average molecular weight is 866 g/mol. The lowest BCUT2D eigenvalue weighted by Crippen LogP contribution is -2.28. The lowest BCUT2D eigenvalue weighted by atomic mass is 9.67. The Morgan fingerprint density at radius 2 is 0.794 bits per heavy atom. The minimum atomic E-state index is -0.460. The summed E-state index contributed by atoms with van der Waals surface area (Å²) in [5.74, 6) is 0. The van der Waals surface area contributed by atoms with E-state index < -0.39 is 5.41 Å². The number of nitrogens with zero attached hydrogens (tertiary/aromatic N) is 1. The van der Waals surface area contributed by atoms with Crippen LogP contribution in [0.3, 0.4) is 0 Å². The van der Waals surface area contributed by atoms with E-state index in [0.717, 1.165) is 17.1 Å². The largest absolute Gasteiger partial charge is 0.310 e. The summed E-state index contributed by atoms with van der Waals surface area (Å²) in [6.07, 6.45) is 0. The quantitative estimate of drug-likeness (QED) is 0.144. The van der Waals surface area contributed by atoms with E-state index in [0.29, 0.717) is 0 Å². The highest BCUT2D eigenvalue weighted by atomic mass is 15.1. The molecule has 1 heteroatoms. The number of fused-ring (bicyclic) bond motifs is 7. The van der Waals surface area contributed by atoms with Gasteiger partial charge in [-0.1, -0.05) is 206 Å². The topological polar surface area (TPSA) is 3.24 Å². The highest BCUT2D eigenvalue weighted by Gasteiger charge is 2.45. The first kappa shape index (κ1) is 39.8. The molecule has 1 nitrogen and oxygen atoms in total. The second-order valence-electron chi connectivity index (χ2n) is 18.5. The highest BCUT2D eigenvalue weighted by molar-refractivity contribution is 6.26. The number of aryl methyl sites for hydroxylation is 2. The van der Waals surface area contributed by atoms with Crippen molar-refractivity contribution in [2.75, 3.05) is 4.90 Å². The van der Waals surface area contributed by atoms with Crippen LogP contribution in [0.25, 0.3) is 76.5 Å². The zero-order valence-electron chi connectivity index (χ0n) is 38.1. The van der Waals surface area contributed by atoms with E-state index in [4.69, 9.17) is 0 Å². The molecule has 0 unspecified atom stereocenters. The molecule has 13 rings (SSSR count). The van der Waals surface area contributed by atoms with E-state index in [1.807, 2.05) is 0 Å². The third kappa shape index (κ3) is 6.09. The molecular formula is C67H47N. The molecule has 1 aliphatic rings. The van der Waals surface area contributed by atoms with E-state index >= 15 is 0 Å². The highest BCUT2D eigenvalue weighted by Crippen LogP contribution is 2.56. The molecule has 0 aromatic heterocycles. The first-order chi connectivity index (χ1) is 33.6. The maximum absolute atomic E-state index is 2.44. The number of anilines is 3. The molecule has 0 amide bonds. The lowest BCUT2D eigenvalue weighted by molar-refractivity contribution is 0.768. The van der Waals surface area contributed by atoms with Gasteiger partial charge >= 0.3 is 0 Å². The molecule has 0 aliphatic heterocycles. The number of benzene rings is 12. The van der Waals surface area contributed by atoms with Crippen LogP contribution in [0.15, 0.2) is 249 Å². The summed E-state index contributed by atoms with van der Waals surface area (Å²) in [5, 5.41) is 9.84. The molecule has 0 saturated carbocycles. The van der Waals surface area contributed by atoms with Crippen LogP contribution in [0.1, 0.15) is 33.4 Å². The lowest BCUT2D eigenvalue weighted by Gasteiger charge is -2.34. The van der Waals surface area contributed by atoms with Crippen molar-refractivity contribution in [3.05, 3.63) is 282 Å². The van der Waals surface area contributed by atoms with E-state index in [-0.39, 0.29) is 0 Å². The van der Waals surface area contributed by atoms with Crippen molar-refractivity contribution < 1.29 is 0 Å². The predicted octanol–water partition coefficient (Wildman–Crippen LogP) is 18.1. The van der Waals surface area contributed by atoms with Crippen molar-refractivity contribution in [1.82, 2.24) is 0 Å². The molecule has 0 saturated heterocycles. The molecule has 0 spiro atoms. The van der Waals surface area contributed by atoms with Gasteiger partial charge in [-0.25, -0.2) is 0 Å². The Labute approximate surface area is 397 Å². The average Bonchev–Trinajstić information content (AvgIpc) is 3.69. The minimum Gasteiger partial charge on any atom is -0.310 e. The summed E-state index contributed by atoms with van der Waals surface area (Å²) >= 11 is 0. The molecule has 0 fully saturated rings. The van der Waals surface area contributed by atoms with E-state index in [1.165, 1.54) is 110 Å². The number of hydrogen-bond acceptors (Lipinski definition) is 1. The third-order valence-electron chi connectivity index (χ3n) is 14.6. The Morgan fingerprint density at radius 1 is 0.309 bits per heavy atom. The fraction of sp³-hybridized carbons (Fsp3) is 0.0448. The molecule has 0 N–H and O–H groups in total. The van der Waals surface area contributed by atoms with Gasteiger partial charge in [0.1, 0.15) is 0 Å². The molecule has 12 aromatic rings. The predicted molar refractivity (Wildman–Crippen MR) is 289 cm³/mol. The number of hydrogen-bond donors (Lipinski definition) is 0. The van der Waals surface area contributed by atoms with Gasteiger partial charge in [-0.15, -0.1) is 0 Å². The summed E-state index contributed by atoms with van der Waals surface area (Å²) in [7, 11) is 0. The van der Waals surface area contributed by atoms with Crippen LogP contribution in [0, 0.1) is 13.8 Å². The van der Waals surface area contributed by atoms with Gasteiger partial charge in [0.15, 0.2) is 0 Å². The second-order valence-corrected chi connectivity index (χ2v) is 18.5. The van der Waals surface area contributed by atoms with Crippen LogP contribution in [0.5, 0.6) is 0 Å². The van der Waals surface area contributed by atoms with Crippen LogP contribution in [-0.2, 0) is 5.41 Å². The van der Waals surface area contributed by atoms with Crippen LogP contribution >= 0.6 is 0 Å². The smallest absolute Gasteiger partial charge is 0.0713 e. The molecule has 1 aliphatic carbocycles. The van der Waals surface area contributed by atoms with Crippen molar-refractivity contribution in [3.8, 4) is 33.4 Å². The Kier molecular flexibility index (Phi) is 9.27. The summed E-state index contributed by atoms with van der Waals surface area (Å²) in [6.45, 7) is 4.35. The second kappa shape index (κ2) is 15.8. The van der Waals surface area contributed by atoms with E-state index in [2.05, 4.69) is 267 Å². The standard InChI is InChI=1S/C67H47N/c1-44-18-16-24-51(40-44)68(52-25-17-19-45(2)41-52)64-39-38-59(53-26-8-9-29-56(53)64)66-58-31-11-10-30-57(58)65(60-42-47-20-6-7-21-48(47)43-61(60)66)46-34-36-50(37-35-46)67(49-22-4-3-5-23-49)62-32-14-12-27-54(62)55-28-13-15-33-63(55)67/h3-43H,1-2H3. The molecule has 0 heterocycles. The van der Waals surface area contributed by atoms with Gasteiger partial charge in [-0.05, 0) is 161 Å². The summed E-state index contributed by atoms with van der Waals surface area (Å²) < 4.78 is 0. The maximum atomic E-state index is 2.44. The van der Waals surface area contributed by atoms with Gasteiger partial charge in [0.25, 0.3) is 0 Å². The van der Waals surface area contributed by atoms with Gasteiger partial charge in [0, 0.05) is 16.8 Å². The SMILES string of the molecule is Cc1cccc(N(c2cccc(C)c2)c2ccc(-c3c4ccccc4c(-c4ccc(C5(c6ccccc6)c6ccccc6-c6ccccc65)cc4)c4cc5ccccc5cc34)c3ccccc23)c1. The Morgan fingerprint density at radius 3 is 1.40 bits per heavy atom. The normalized spacial score (nSPS) is 12.7. The molecule has 0 atom stereocenters. The van der Waals surface area contributed by atoms with Gasteiger partial charge in [0.05, 0.1) is 11.1 Å². The van der Waals surface area contributed by atoms with Gasteiger partial charge in [-0.2, -0.15) is 0 Å². The van der Waals surface area contributed by atoms with Crippen molar-refractivity contribution in [3.63, 3.8) is 0 Å². The molecule has 12 aromatic carbocycles. The summed E-state index contributed by atoms with van der Waals surface area (Å²) in [4.78, 5) is 2.42. The van der Waals surface area contributed by atoms with Crippen molar-refractivity contribution in [2.24, 2.45) is 0 Å². The first-order valence-electron chi connectivity index (χ1n) is 23.7. The monoisotopic (exact) mass is 865 g/mol. The van der Waals surface area contributed by atoms with E-state index in [1.54, 1.807) is 0 Å². The Bertz CT molecular complexity index is 3840. The van der Waals surface area contributed by atoms with Gasteiger partial charge in [-0.3, -0.25) is 0 Å². The molecular weight excluding hydrogens is 819 g/mol. The molecule has 68 heavy (non-hydrogen) atoms. The molecule has 320 valence electrons. The fourth-order valence-electron chi connectivity index (χ4n) is 11.7. The van der Waals surface area contributed by atoms with Crippen LogP contribution in [0.2, 0.25) is 0 Å². The Hall–Kier alpha value is -8.52. The zero-order valence-corrected chi connectivity index (χ0v) is 38.1. The van der Waals surface area contributed by atoms with Crippen molar-refractivity contribution in [1.29, 1.82) is 0 Å². The number of rotatable bonds is 7. The maximum Gasteiger partial charge on any atom is 0.0713 e.